The van der Waals surface area contributed by atoms with Crippen LogP contribution in [0.3, 0.4) is 0 Å². The molecule has 3 aromatic rings. The van der Waals surface area contributed by atoms with Gasteiger partial charge in [0, 0.05) is 31.6 Å². The molecule has 2 aliphatic heterocycles. The lowest BCUT2D eigenvalue weighted by atomic mass is 10.00. The molecular formula is C27H26F3N5OS. The number of aromatic nitrogens is 2. The molecule has 6 nitrogen and oxygen atoms in total. The monoisotopic (exact) mass is 525 g/mol. The van der Waals surface area contributed by atoms with E-state index in [4.69, 9.17) is 0 Å². The van der Waals surface area contributed by atoms with E-state index in [0.29, 0.717) is 21.6 Å². The van der Waals surface area contributed by atoms with Crippen LogP contribution in [0.25, 0.3) is 22.6 Å². The van der Waals surface area contributed by atoms with Crippen molar-refractivity contribution in [2.45, 2.75) is 19.6 Å². The fourth-order valence-corrected chi connectivity index (χ4v) is 5.37. The number of carbonyl (C=O) groups excluding carboxylic acids is 1. The number of carbonyl (C=O) groups is 1. The number of thioether (sulfide) groups is 1. The summed E-state index contributed by atoms with van der Waals surface area (Å²) in [6, 6.07) is 9.81. The van der Waals surface area contributed by atoms with Crippen molar-refractivity contribution in [3.05, 3.63) is 76.3 Å². The van der Waals surface area contributed by atoms with Gasteiger partial charge in [-0.25, -0.2) is 0 Å². The number of likely N-dealkylation sites (N-methyl/N-ethyl adjacent to an activating group) is 1. The fourth-order valence-electron chi connectivity index (χ4n) is 4.41. The molecule has 2 aliphatic rings. The number of fused-ring (bicyclic) bond motifs is 1. The number of hydrogen-bond acceptors (Lipinski definition) is 5. The summed E-state index contributed by atoms with van der Waals surface area (Å²) in [5, 5.41) is 5.85. The maximum atomic E-state index is 13.8. The van der Waals surface area contributed by atoms with Crippen LogP contribution >= 0.6 is 11.8 Å². The Morgan fingerprint density at radius 2 is 1.89 bits per heavy atom. The lowest BCUT2D eigenvalue weighted by Gasteiger charge is -2.32. The molecule has 1 fully saturated rings. The largest absolute Gasteiger partial charge is 0.416 e. The number of allylic oxidation sites excluding steroid dienone is 1. The van der Waals surface area contributed by atoms with Crippen LogP contribution in [0.15, 0.2) is 59.1 Å². The molecule has 0 bridgehead atoms. The summed E-state index contributed by atoms with van der Waals surface area (Å²) >= 11 is 1.38. The van der Waals surface area contributed by atoms with E-state index in [-0.39, 0.29) is 18.0 Å². The highest BCUT2D eigenvalue weighted by Gasteiger charge is 2.34. The topological polar surface area (TPSA) is 53.7 Å². The first-order chi connectivity index (χ1) is 17.6. The Morgan fingerprint density at radius 3 is 2.59 bits per heavy atom. The van der Waals surface area contributed by atoms with Gasteiger partial charge in [-0.05, 0) is 66.7 Å². The van der Waals surface area contributed by atoms with Crippen molar-refractivity contribution < 1.29 is 18.0 Å². The Balaban J connectivity index is 1.36. The van der Waals surface area contributed by atoms with Crippen LogP contribution < -0.4 is 0 Å². The van der Waals surface area contributed by atoms with Crippen LogP contribution in [-0.4, -0.2) is 63.9 Å². The summed E-state index contributed by atoms with van der Waals surface area (Å²) in [7, 11) is 2.07. The van der Waals surface area contributed by atoms with Gasteiger partial charge < -0.3 is 9.80 Å². The van der Waals surface area contributed by atoms with Gasteiger partial charge in [-0.3, -0.25) is 9.48 Å². The number of benzene rings is 2. The lowest BCUT2D eigenvalue weighted by molar-refractivity contribution is -0.138. The van der Waals surface area contributed by atoms with Gasteiger partial charge in [-0.1, -0.05) is 30.4 Å². The molecule has 0 atom stereocenters. The Labute approximate surface area is 217 Å². The Hall–Kier alpha value is -3.37. The van der Waals surface area contributed by atoms with Gasteiger partial charge in [-0.15, -0.1) is 0 Å². The van der Waals surface area contributed by atoms with Gasteiger partial charge in [0.05, 0.1) is 28.7 Å². The van der Waals surface area contributed by atoms with Crippen molar-refractivity contribution in [2.24, 2.45) is 4.99 Å². The molecule has 2 aromatic carbocycles. The highest BCUT2D eigenvalue weighted by molar-refractivity contribution is 8.18. The molecule has 0 unspecified atom stereocenters. The molecule has 10 heteroatoms. The van der Waals surface area contributed by atoms with Crippen molar-refractivity contribution >= 4 is 45.4 Å². The average Bonchev–Trinajstić information content (AvgIpc) is 3.42. The van der Waals surface area contributed by atoms with Crippen LogP contribution in [0, 0.1) is 0 Å². The van der Waals surface area contributed by atoms with Crippen molar-refractivity contribution in [1.82, 2.24) is 19.6 Å². The fraction of sp³-hybridized carbons (Fsp3) is 0.296. The number of alkyl halides is 3. The summed E-state index contributed by atoms with van der Waals surface area (Å²) in [5.74, 6) is -0.257. The smallest absolute Gasteiger partial charge is 0.348 e. The Morgan fingerprint density at radius 1 is 1.14 bits per heavy atom. The Kier molecular flexibility index (Phi) is 6.72. The van der Waals surface area contributed by atoms with Crippen molar-refractivity contribution in [2.75, 3.05) is 33.2 Å². The number of rotatable bonds is 4. The first-order valence-corrected chi connectivity index (χ1v) is 12.7. The van der Waals surface area contributed by atoms with Crippen molar-refractivity contribution in [3.8, 4) is 0 Å². The minimum atomic E-state index is -4.49. The van der Waals surface area contributed by atoms with Crippen LogP contribution in [0.4, 0.5) is 13.2 Å². The first-order valence-electron chi connectivity index (χ1n) is 11.9. The van der Waals surface area contributed by atoms with E-state index >= 15 is 0 Å². The molecule has 0 N–H and O–H groups in total. The maximum absolute atomic E-state index is 13.8. The summed E-state index contributed by atoms with van der Waals surface area (Å²) in [4.78, 5) is 21.7. The number of nitrogens with zero attached hydrogens (tertiary/aromatic N) is 5. The van der Waals surface area contributed by atoms with Crippen molar-refractivity contribution in [1.29, 1.82) is 0 Å². The molecule has 0 aliphatic carbocycles. The zero-order chi connectivity index (χ0) is 26.3. The normalized spacial score (nSPS) is 18.2. The van der Waals surface area contributed by atoms with Gasteiger partial charge in [0.1, 0.15) is 0 Å². The van der Waals surface area contributed by atoms with E-state index in [0.717, 1.165) is 48.4 Å². The number of piperazine rings is 1. The second-order valence-corrected chi connectivity index (χ2v) is 10.4. The second-order valence-electron chi connectivity index (χ2n) is 9.37. The molecule has 192 valence electrons. The first kappa shape index (κ1) is 25.3. The zero-order valence-corrected chi connectivity index (χ0v) is 21.4. The number of amides is 1. The standard InChI is InChI=1S/C27H26F3N5OS/c1-17(2)19-5-6-20(22(14-19)27(28,29)30)16-35-23-7-4-18(12-21(23)15-31-35)13-24-25(36)32-26(37-24)34-10-8-33(3)9-11-34/h4-7,12-15H,1,8-11,16H2,2-3H3/b24-13-. The predicted molar refractivity (Wildman–Crippen MR) is 142 cm³/mol. The van der Waals surface area contributed by atoms with Crippen LogP contribution in [0.5, 0.6) is 0 Å². The Bertz CT molecular complexity index is 1450. The van der Waals surface area contributed by atoms with Gasteiger partial charge in [0.25, 0.3) is 5.91 Å². The summed E-state index contributed by atoms with van der Waals surface area (Å²) < 4.78 is 42.9. The third-order valence-electron chi connectivity index (χ3n) is 6.57. The summed E-state index contributed by atoms with van der Waals surface area (Å²) in [6.07, 6.45) is -1.06. The van der Waals surface area contributed by atoms with Crippen LogP contribution in [-0.2, 0) is 17.5 Å². The average molecular weight is 526 g/mol. The lowest BCUT2D eigenvalue weighted by Crippen LogP contribution is -2.46. The highest BCUT2D eigenvalue weighted by Crippen LogP contribution is 2.35. The highest BCUT2D eigenvalue weighted by atomic mass is 32.2. The van der Waals surface area contributed by atoms with Crippen LogP contribution in [0.2, 0.25) is 0 Å². The SMILES string of the molecule is C=C(C)c1ccc(Cn2ncc3cc(/C=C4\SC(N5CCN(C)CC5)=NC4=O)ccc32)c(C(F)(F)F)c1. The van der Waals surface area contributed by atoms with Gasteiger partial charge >= 0.3 is 6.18 Å². The predicted octanol–water partition coefficient (Wildman–Crippen LogP) is 5.35. The number of amidine groups is 1. The van der Waals surface area contributed by atoms with Gasteiger partial charge in [-0.2, -0.15) is 23.3 Å². The number of hydrogen-bond donors (Lipinski definition) is 0. The summed E-state index contributed by atoms with van der Waals surface area (Å²) in [6.45, 7) is 8.93. The molecule has 1 aromatic heterocycles. The number of halogens is 3. The molecule has 0 saturated carbocycles. The van der Waals surface area contributed by atoms with Gasteiger partial charge in [0.15, 0.2) is 5.17 Å². The van der Waals surface area contributed by atoms with E-state index in [1.165, 1.54) is 17.8 Å². The molecule has 5 rings (SSSR count). The minimum Gasteiger partial charge on any atom is -0.348 e. The zero-order valence-electron chi connectivity index (χ0n) is 20.5. The second kappa shape index (κ2) is 9.83. The van der Waals surface area contributed by atoms with E-state index in [2.05, 4.69) is 33.5 Å². The van der Waals surface area contributed by atoms with E-state index in [1.54, 1.807) is 29.9 Å². The minimum absolute atomic E-state index is 0.0220. The summed E-state index contributed by atoms with van der Waals surface area (Å²) in [5.41, 5.74) is 1.99. The third kappa shape index (κ3) is 5.35. The molecule has 0 spiro atoms. The molecule has 1 saturated heterocycles. The van der Waals surface area contributed by atoms with E-state index in [9.17, 15) is 18.0 Å². The van der Waals surface area contributed by atoms with E-state index < -0.39 is 11.7 Å². The molecular weight excluding hydrogens is 499 g/mol. The van der Waals surface area contributed by atoms with Crippen LogP contribution in [0.1, 0.15) is 29.2 Å². The molecule has 3 heterocycles. The van der Waals surface area contributed by atoms with E-state index in [1.807, 2.05) is 18.2 Å². The van der Waals surface area contributed by atoms with Crippen molar-refractivity contribution in [3.63, 3.8) is 0 Å². The third-order valence-corrected chi connectivity index (χ3v) is 7.62. The molecule has 1 amide bonds. The maximum Gasteiger partial charge on any atom is 0.416 e. The molecule has 0 radical (unpaired) electrons. The quantitative estimate of drug-likeness (QED) is 0.430. The molecule has 37 heavy (non-hydrogen) atoms. The number of aliphatic imine (C=N–C) groups is 1. The van der Waals surface area contributed by atoms with Gasteiger partial charge in [0.2, 0.25) is 0 Å².